The number of nitrogens with one attached hydrogen (secondary N) is 5. The molecule has 4 heterocycles. The van der Waals surface area contributed by atoms with Crippen molar-refractivity contribution in [3.05, 3.63) is 66.1 Å². The average Bonchev–Trinajstić information content (AvgIpc) is 3.50. The fourth-order valence-corrected chi connectivity index (χ4v) is 9.83. The van der Waals surface area contributed by atoms with Gasteiger partial charge in [0.2, 0.25) is 17.7 Å². The summed E-state index contributed by atoms with van der Waals surface area (Å²) in [4.78, 5) is 65.7. The van der Waals surface area contributed by atoms with Crippen LogP contribution in [0.15, 0.2) is 71.0 Å². The highest BCUT2D eigenvalue weighted by molar-refractivity contribution is 7.90. The van der Waals surface area contributed by atoms with E-state index < -0.39 is 51.3 Å². The van der Waals surface area contributed by atoms with Crippen molar-refractivity contribution in [3.63, 3.8) is 0 Å². The molecule has 1 aliphatic carbocycles. The molecule has 18 heteroatoms. The van der Waals surface area contributed by atoms with Gasteiger partial charge in [0.05, 0.1) is 30.6 Å². The van der Waals surface area contributed by atoms with Gasteiger partial charge in [-0.1, -0.05) is 30.7 Å². The maximum Gasteiger partial charge on any atom is 0.266 e. The number of fused-ring (bicyclic) bond motifs is 3. The van der Waals surface area contributed by atoms with Crippen molar-refractivity contribution in [1.82, 2.24) is 30.2 Å². The van der Waals surface area contributed by atoms with Gasteiger partial charge in [-0.05, 0) is 63.8 Å². The molecule has 3 aliphatic rings. The molecule has 0 unspecified atom stereocenters. The Morgan fingerprint density at radius 2 is 1.87 bits per heavy atom. The Kier molecular flexibility index (Phi) is 13.1. The summed E-state index contributed by atoms with van der Waals surface area (Å²) in [5.41, 5.74) is 0.538. The van der Waals surface area contributed by atoms with Crippen LogP contribution < -0.4 is 35.5 Å². The number of likely N-dealkylation sites (tertiary alicyclic amines) is 1. The second-order valence-corrected chi connectivity index (χ2v) is 18.4. The van der Waals surface area contributed by atoms with Gasteiger partial charge in [0.15, 0.2) is 5.13 Å². The minimum Gasteiger partial charge on any atom is -0.497 e. The molecule has 2 aliphatic heterocycles. The molecule has 7 rings (SSSR count). The van der Waals surface area contributed by atoms with Gasteiger partial charge in [-0.15, -0.1) is 11.3 Å². The Bertz CT molecular complexity index is 2440. The summed E-state index contributed by atoms with van der Waals surface area (Å²) in [6.45, 7) is 4.61. The van der Waals surface area contributed by atoms with Crippen LogP contribution in [0, 0.1) is 5.92 Å². The first-order chi connectivity index (χ1) is 29.3. The Balaban J connectivity index is 1.18. The van der Waals surface area contributed by atoms with Crippen LogP contribution in [0.1, 0.15) is 65.2 Å². The maximum absolute atomic E-state index is 14.5. The summed E-state index contributed by atoms with van der Waals surface area (Å²) >= 11 is 1.45. The quantitative estimate of drug-likeness (QED) is 0.126. The lowest BCUT2D eigenvalue weighted by Crippen LogP contribution is -2.56. The van der Waals surface area contributed by atoms with Crippen molar-refractivity contribution in [2.24, 2.45) is 5.92 Å². The van der Waals surface area contributed by atoms with Crippen LogP contribution in [0.5, 0.6) is 11.5 Å². The molecular formula is C43H52N8O8S2. The minimum absolute atomic E-state index is 0.000182. The first-order valence-electron chi connectivity index (χ1n) is 20.6. The van der Waals surface area contributed by atoms with Crippen LogP contribution in [0.2, 0.25) is 0 Å². The van der Waals surface area contributed by atoms with Crippen LogP contribution in [0.4, 0.5) is 10.8 Å². The van der Waals surface area contributed by atoms with Crippen LogP contribution in [-0.4, -0.2) is 97.9 Å². The number of hydrogen-bond donors (Lipinski definition) is 5. The lowest BCUT2D eigenvalue weighted by atomic mass is 10.1. The second-order valence-electron chi connectivity index (χ2n) is 15.8. The summed E-state index contributed by atoms with van der Waals surface area (Å²) < 4.78 is 42.0. The largest absolute Gasteiger partial charge is 0.497 e. The third-order valence-corrected chi connectivity index (χ3v) is 13.2. The number of carbonyl (C=O) groups excluding carboxylic acids is 4. The summed E-state index contributed by atoms with van der Waals surface area (Å²) in [6.07, 6.45) is 6.46. The van der Waals surface area contributed by atoms with Crippen molar-refractivity contribution in [2.75, 3.05) is 37.9 Å². The summed E-state index contributed by atoms with van der Waals surface area (Å²) in [6, 6.07) is 12.6. The normalized spacial score (nSPS) is 22.4. The highest BCUT2D eigenvalue weighted by Crippen LogP contribution is 2.46. The first kappa shape index (κ1) is 43.3. The molecule has 2 fully saturated rings. The number of sulfonamides is 1. The smallest absolute Gasteiger partial charge is 0.266 e. The van der Waals surface area contributed by atoms with Gasteiger partial charge in [0, 0.05) is 67.7 Å². The average molecular weight is 873 g/mol. The van der Waals surface area contributed by atoms with E-state index in [1.807, 2.05) is 37.4 Å². The van der Waals surface area contributed by atoms with Crippen LogP contribution in [0.3, 0.4) is 0 Å². The van der Waals surface area contributed by atoms with Crippen molar-refractivity contribution in [1.29, 1.82) is 0 Å². The van der Waals surface area contributed by atoms with E-state index in [0.717, 1.165) is 30.8 Å². The molecule has 4 aromatic rings. The highest BCUT2D eigenvalue weighted by atomic mass is 32.2. The molecule has 16 nitrogen and oxygen atoms in total. The maximum atomic E-state index is 14.5. The van der Waals surface area contributed by atoms with E-state index in [4.69, 9.17) is 19.4 Å². The molecule has 0 bridgehead atoms. The number of allylic oxidation sites excluding steroid dienone is 1. The number of nitrogens with zero attached hydrogens (tertiary/aromatic N) is 3. The number of amides is 4. The molecule has 0 radical (unpaired) electrons. The minimum atomic E-state index is -4.36. The van der Waals surface area contributed by atoms with E-state index >= 15 is 0 Å². The van der Waals surface area contributed by atoms with Gasteiger partial charge in [0.25, 0.3) is 15.9 Å². The van der Waals surface area contributed by atoms with E-state index in [1.54, 1.807) is 43.5 Å². The molecule has 5 N–H and O–H groups in total. The first-order valence-corrected chi connectivity index (χ1v) is 22.9. The molecule has 2 aromatic carbocycles. The molecule has 0 spiro atoms. The van der Waals surface area contributed by atoms with Gasteiger partial charge >= 0.3 is 0 Å². The second kappa shape index (κ2) is 18.5. The van der Waals surface area contributed by atoms with Gasteiger partial charge < -0.3 is 35.6 Å². The van der Waals surface area contributed by atoms with E-state index in [2.05, 4.69) is 26.0 Å². The summed E-state index contributed by atoms with van der Waals surface area (Å²) in [5, 5.41) is 15.2. The predicted octanol–water partition coefficient (Wildman–Crippen LogP) is 4.98. The lowest BCUT2D eigenvalue weighted by molar-refractivity contribution is -0.140. The number of methoxy groups -OCH3 is 1. The molecule has 324 valence electrons. The molecule has 61 heavy (non-hydrogen) atoms. The zero-order valence-electron chi connectivity index (χ0n) is 34.7. The number of benzene rings is 2. The van der Waals surface area contributed by atoms with E-state index in [9.17, 15) is 27.6 Å². The van der Waals surface area contributed by atoms with Gasteiger partial charge in [-0.2, -0.15) is 0 Å². The fraction of sp³-hybridized carbons (Fsp3) is 0.442. The number of aromatic nitrogens is 2. The number of para-hydroxylation sites is 1. The predicted molar refractivity (Wildman–Crippen MR) is 233 cm³/mol. The SMILES string of the molecule is CNC(=O)CCC(=O)N1C[C@H](Oc2cc(-c3csc(NC(C)C)n3)nc3cc(OC)ccc23)C[C@H]1C(=O)N[C@]12C[C@H]1C=CCCCCCNc1ccccc1S(=O)(=O)NC2=O. The third kappa shape index (κ3) is 9.91. The number of pyridine rings is 1. The number of ether oxygens (including phenoxy) is 2. The Morgan fingerprint density at radius 1 is 1.05 bits per heavy atom. The molecule has 1 saturated heterocycles. The number of thiazole rings is 1. The molecule has 4 amide bonds. The van der Waals surface area contributed by atoms with Crippen LogP contribution >= 0.6 is 11.3 Å². The Morgan fingerprint density at radius 3 is 2.66 bits per heavy atom. The number of hydrogen-bond acceptors (Lipinski definition) is 13. The van der Waals surface area contributed by atoms with Crippen LogP contribution in [0.25, 0.3) is 22.3 Å². The standard InChI is InChI=1S/C43H52N8O8S2/c1-26(2)46-42-48-34(25-60-42)33-22-36(30-16-15-28(58-4)20-32(30)47-33)59-29-21-35(51(24-29)39(53)18-17-38(52)44-3)40(54)49-43-23-27(43)12-8-6-5-7-11-19-45-31-13-9-10-14-37(31)61(56,57)50-41(43)55/h8-10,12-16,20,22,25-27,29,35,45H,5-7,11,17-19,21,23-24H2,1-4H3,(H,44,52)(H,46,48)(H,49,54)(H,50,55)/t27-,29-,35+,43-/m1/s1. The molecular weight excluding hydrogens is 821 g/mol. The van der Waals surface area contributed by atoms with Crippen molar-refractivity contribution < 1.29 is 37.1 Å². The number of carbonyl (C=O) groups is 4. The van der Waals surface area contributed by atoms with Gasteiger partial charge in [-0.3, -0.25) is 19.2 Å². The zero-order valence-corrected chi connectivity index (χ0v) is 36.3. The van der Waals surface area contributed by atoms with Crippen molar-refractivity contribution in [2.45, 2.75) is 93.8 Å². The zero-order chi connectivity index (χ0) is 43.3. The van der Waals surface area contributed by atoms with E-state index in [1.165, 1.54) is 29.4 Å². The number of anilines is 2. The third-order valence-electron chi connectivity index (χ3n) is 11.1. The topological polar surface area (TPSA) is 210 Å². The molecule has 1 saturated carbocycles. The Hall–Kier alpha value is -5.75. The lowest BCUT2D eigenvalue weighted by Gasteiger charge is -2.26. The van der Waals surface area contributed by atoms with Crippen LogP contribution in [-0.2, 0) is 29.2 Å². The fourth-order valence-electron chi connectivity index (χ4n) is 7.76. The van der Waals surface area contributed by atoms with E-state index in [0.29, 0.717) is 46.0 Å². The number of rotatable bonds is 11. The molecule has 4 atom stereocenters. The van der Waals surface area contributed by atoms with E-state index in [-0.39, 0.29) is 49.1 Å². The summed E-state index contributed by atoms with van der Waals surface area (Å²) in [5.74, 6) is -1.74. The highest BCUT2D eigenvalue weighted by Gasteiger charge is 2.61. The van der Waals surface area contributed by atoms with Gasteiger partial charge in [0.1, 0.15) is 39.8 Å². The van der Waals surface area contributed by atoms with Crippen molar-refractivity contribution in [3.8, 4) is 22.9 Å². The Labute approximate surface area is 359 Å². The van der Waals surface area contributed by atoms with Gasteiger partial charge in [-0.25, -0.2) is 23.1 Å². The monoisotopic (exact) mass is 872 g/mol. The van der Waals surface area contributed by atoms with Crippen molar-refractivity contribution >= 4 is 66.7 Å². The molecule has 2 aromatic heterocycles. The summed E-state index contributed by atoms with van der Waals surface area (Å²) in [7, 11) is -1.32.